The van der Waals surface area contributed by atoms with Gasteiger partial charge in [-0.1, -0.05) is 0 Å². The van der Waals surface area contributed by atoms with Crippen molar-refractivity contribution in [1.82, 2.24) is 5.43 Å². The molecular formula is C15H15N3O5S. The lowest BCUT2D eigenvalue weighted by atomic mass is 10.2. The summed E-state index contributed by atoms with van der Waals surface area (Å²) in [4.78, 5) is 10.8. The molecule has 0 bridgehead atoms. The molecule has 126 valence electrons. The Kier molecular flexibility index (Phi) is 5.74. The Hall–Kier alpha value is -3.07. The maximum Gasteiger partial charge on any atom is 0.371 e. The van der Waals surface area contributed by atoms with Gasteiger partial charge in [0.05, 0.1) is 13.3 Å². The molecule has 9 heteroatoms. The van der Waals surface area contributed by atoms with E-state index in [-0.39, 0.29) is 17.5 Å². The zero-order valence-electron chi connectivity index (χ0n) is 12.7. The first-order valence-corrected chi connectivity index (χ1v) is 7.11. The molecule has 24 heavy (non-hydrogen) atoms. The van der Waals surface area contributed by atoms with Gasteiger partial charge in [-0.25, -0.2) is 4.79 Å². The average Bonchev–Trinajstić information content (AvgIpc) is 3.02. The number of carbonyl (C=O) groups is 1. The van der Waals surface area contributed by atoms with Gasteiger partial charge in [-0.15, -0.1) is 0 Å². The van der Waals surface area contributed by atoms with Crippen LogP contribution in [0.1, 0.15) is 21.9 Å². The first-order valence-electron chi connectivity index (χ1n) is 6.71. The third-order valence-corrected chi connectivity index (χ3v) is 2.91. The topological polar surface area (TPSA) is 119 Å². The Labute approximate surface area is 142 Å². The summed E-state index contributed by atoms with van der Waals surface area (Å²) < 4.78 is 16.0. The second-order valence-corrected chi connectivity index (χ2v) is 4.94. The summed E-state index contributed by atoms with van der Waals surface area (Å²) in [6, 6.07) is 8.07. The van der Waals surface area contributed by atoms with Crippen LogP contribution in [0.5, 0.6) is 11.5 Å². The Morgan fingerprint density at radius 2 is 2.21 bits per heavy atom. The lowest BCUT2D eigenvalue weighted by Crippen LogP contribution is -2.23. The maximum atomic E-state index is 10.8. The number of aromatic carboxylic acids is 1. The van der Waals surface area contributed by atoms with Crippen LogP contribution in [0.4, 0.5) is 0 Å². The highest BCUT2D eigenvalue weighted by Crippen LogP contribution is 2.28. The number of carboxylic acids is 1. The van der Waals surface area contributed by atoms with Gasteiger partial charge >= 0.3 is 5.97 Å². The Morgan fingerprint density at radius 1 is 1.42 bits per heavy atom. The number of hydrogen-bond donors (Lipinski definition) is 3. The number of carboxylic acid groups (broad SMARTS) is 1. The van der Waals surface area contributed by atoms with Crippen molar-refractivity contribution in [2.24, 2.45) is 10.8 Å². The van der Waals surface area contributed by atoms with Crippen LogP contribution in [0.3, 0.4) is 0 Å². The van der Waals surface area contributed by atoms with E-state index in [0.29, 0.717) is 17.3 Å². The van der Waals surface area contributed by atoms with E-state index in [9.17, 15) is 4.79 Å². The highest BCUT2D eigenvalue weighted by molar-refractivity contribution is 7.80. The van der Waals surface area contributed by atoms with Crippen molar-refractivity contribution in [3.05, 3.63) is 47.4 Å². The summed E-state index contributed by atoms with van der Waals surface area (Å²) >= 11 is 4.64. The molecule has 2 rings (SSSR count). The molecule has 8 nitrogen and oxygen atoms in total. The fraction of sp³-hybridized carbons (Fsp3) is 0.133. The maximum absolute atomic E-state index is 10.8. The zero-order chi connectivity index (χ0) is 17.5. The van der Waals surface area contributed by atoms with Gasteiger partial charge in [0.15, 0.2) is 16.6 Å². The SMILES string of the molecule is COc1cc(/C=N\NC(N)=S)ccc1OCc1ccc(C(=O)O)o1. The average molecular weight is 349 g/mol. The summed E-state index contributed by atoms with van der Waals surface area (Å²) in [5.74, 6) is 0.0794. The monoisotopic (exact) mass is 349 g/mol. The number of methoxy groups -OCH3 is 1. The van der Waals surface area contributed by atoms with E-state index in [1.807, 2.05) is 0 Å². The van der Waals surface area contributed by atoms with Crippen LogP contribution < -0.4 is 20.6 Å². The molecule has 0 saturated carbocycles. The fourth-order valence-corrected chi connectivity index (χ4v) is 1.83. The van der Waals surface area contributed by atoms with Crippen molar-refractivity contribution in [3.63, 3.8) is 0 Å². The van der Waals surface area contributed by atoms with Crippen LogP contribution in [0, 0.1) is 0 Å². The van der Waals surface area contributed by atoms with Crippen LogP contribution >= 0.6 is 12.2 Å². The summed E-state index contributed by atoms with van der Waals surface area (Å²) in [5.41, 5.74) is 8.46. The largest absolute Gasteiger partial charge is 0.493 e. The lowest BCUT2D eigenvalue weighted by Gasteiger charge is -2.10. The predicted octanol–water partition coefficient (Wildman–Crippen LogP) is 1.73. The number of benzene rings is 1. The Balaban J connectivity index is 2.05. The van der Waals surface area contributed by atoms with E-state index in [1.54, 1.807) is 24.3 Å². The fourth-order valence-electron chi connectivity index (χ4n) is 1.77. The number of nitrogens with one attached hydrogen (secondary N) is 1. The van der Waals surface area contributed by atoms with E-state index >= 15 is 0 Å². The number of furan rings is 1. The minimum Gasteiger partial charge on any atom is -0.493 e. The molecular weight excluding hydrogens is 334 g/mol. The molecule has 0 atom stereocenters. The van der Waals surface area contributed by atoms with Crippen LogP contribution in [0.25, 0.3) is 0 Å². The van der Waals surface area contributed by atoms with Crippen LogP contribution in [-0.4, -0.2) is 29.5 Å². The molecule has 2 aromatic rings. The molecule has 0 aliphatic heterocycles. The molecule has 0 unspecified atom stereocenters. The number of hydrazone groups is 1. The van der Waals surface area contributed by atoms with E-state index in [1.165, 1.54) is 19.4 Å². The minimum atomic E-state index is -1.13. The second kappa shape index (κ2) is 7.97. The number of hydrogen-bond acceptors (Lipinski definition) is 6. The first kappa shape index (κ1) is 17.3. The van der Waals surface area contributed by atoms with Crippen molar-refractivity contribution in [1.29, 1.82) is 0 Å². The van der Waals surface area contributed by atoms with Crippen molar-refractivity contribution >= 4 is 29.5 Å². The summed E-state index contributed by atoms with van der Waals surface area (Å²) in [6.45, 7) is 0.0695. The second-order valence-electron chi connectivity index (χ2n) is 4.50. The van der Waals surface area contributed by atoms with Crippen molar-refractivity contribution in [2.45, 2.75) is 6.61 Å². The van der Waals surface area contributed by atoms with Crippen molar-refractivity contribution in [3.8, 4) is 11.5 Å². The molecule has 0 aliphatic rings. The molecule has 0 radical (unpaired) electrons. The Bertz CT molecular complexity index is 772. The lowest BCUT2D eigenvalue weighted by molar-refractivity contribution is 0.0658. The van der Waals surface area contributed by atoms with Gasteiger partial charge in [-0.05, 0) is 48.1 Å². The summed E-state index contributed by atoms with van der Waals surface area (Å²) in [6.07, 6.45) is 1.52. The molecule has 1 heterocycles. The van der Waals surface area contributed by atoms with E-state index in [2.05, 4.69) is 22.7 Å². The first-order chi connectivity index (χ1) is 11.5. The van der Waals surface area contributed by atoms with Crippen molar-refractivity contribution < 1.29 is 23.8 Å². The van der Waals surface area contributed by atoms with Crippen LogP contribution in [-0.2, 0) is 6.61 Å². The minimum absolute atomic E-state index is 0.0670. The highest BCUT2D eigenvalue weighted by Gasteiger charge is 2.11. The van der Waals surface area contributed by atoms with Gasteiger partial charge in [-0.2, -0.15) is 5.10 Å². The number of thiocarbonyl (C=S) groups is 1. The number of nitrogens with two attached hydrogens (primary N) is 1. The highest BCUT2D eigenvalue weighted by atomic mass is 32.1. The van der Waals surface area contributed by atoms with Gasteiger partial charge in [0.1, 0.15) is 12.4 Å². The Morgan fingerprint density at radius 3 is 2.83 bits per heavy atom. The van der Waals surface area contributed by atoms with Crippen LogP contribution in [0.15, 0.2) is 39.9 Å². The zero-order valence-corrected chi connectivity index (χ0v) is 13.5. The van der Waals surface area contributed by atoms with Gasteiger partial charge in [-0.3, -0.25) is 5.43 Å². The molecule has 1 aromatic carbocycles. The number of ether oxygens (including phenoxy) is 2. The molecule has 0 spiro atoms. The van der Waals surface area contributed by atoms with Crippen molar-refractivity contribution in [2.75, 3.05) is 7.11 Å². The van der Waals surface area contributed by atoms with E-state index in [4.69, 9.17) is 24.7 Å². The summed E-state index contributed by atoms with van der Waals surface area (Å²) in [7, 11) is 1.51. The predicted molar refractivity (Wildman–Crippen MR) is 90.5 cm³/mol. The molecule has 4 N–H and O–H groups in total. The van der Waals surface area contributed by atoms with E-state index < -0.39 is 5.97 Å². The smallest absolute Gasteiger partial charge is 0.371 e. The van der Waals surface area contributed by atoms with Gasteiger partial charge in [0.25, 0.3) is 0 Å². The molecule has 0 fully saturated rings. The number of rotatable bonds is 7. The third kappa shape index (κ3) is 4.71. The van der Waals surface area contributed by atoms with Gasteiger partial charge in [0.2, 0.25) is 5.76 Å². The van der Waals surface area contributed by atoms with Crippen LogP contribution in [0.2, 0.25) is 0 Å². The standard InChI is InChI=1S/C15H15N3O5S/c1-21-13-6-9(7-17-18-15(16)24)2-4-11(13)22-8-10-3-5-12(23-10)14(19)20/h2-7H,8H2,1H3,(H,19,20)(H3,16,18,24)/b17-7-. The molecule has 0 saturated heterocycles. The quantitative estimate of drug-likeness (QED) is 0.393. The number of nitrogens with zero attached hydrogens (tertiary/aromatic N) is 1. The summed E-state index contributed by atoms with van der Waals surface area (Å²) in [5, 5.41) is 12.7. The normalized spacial score (nSPS) is 10.5. The molecule has 0 aliphatic carbocycles. The molecule has 1 aromatic heterocycles. The van der Waals surface area contributed by atoms with E-state index in [0.717, 1.165) is 5.56 Å². The third-order valence-electron chi connectivity index (χ3n) is 2.82. The molecule has 0 amide bonds. The van der Waals surface area contributed by atoms with Gasteiger partial charge < -0.3 is 24.7 Å². The van der Waals surface area contributed by atoms with Gasteiger partial charge in [0, 0.05) is 0 Å².